The Balaban J connectivity index is 1.65. The van der Waals surface area contributed by atoms with Crippen LogP contribution in [-0.4, -0.2) is 29.4 Å². The summed E-state index contributed by atoms with van der Waals surface area (Å²) in [5.41, 5.74) is 14.3. The minimum Gasteiger partial charge on any atom is -0.399 e. The number of likely N-dealkylation sites (N-methyl/N-ethyl adjacent to an activating group) is 1. The first kappa shape index (κ1) is 23.1. The van der Waals surface area contributed by atoms with Gasteiger partial charge in [-0.1, -0.05) is 18.2 Å². The molecule has 34 heavy (non-hydrogen) atoms. The van der Waals surface area contributed by atoms with Gasteiger partial charge in [0, 0.05) is 35.8 Å². The largest absolute Gasteiger partial charge is 0.399 e. The molecule has 5 nitrogen and oxygen atoms in total. The van der Waals surface area contributed by atoms with Gasteiger partial charge in [0.25, 0.3) is 0 Å². The van der Waals surface area contributed by atoms with Gasteiger partial charge < -0.3 is 16.0 Å². The summed E-state index contributed by atoms with van der Waals surface area (Å²) in [5, 5.41) is 3.42. The van der Waals surface area contributed by atoms with Crippen molar-refractivity contribution in [3.05, 3.63) is 102 Å². The molecule has 0 bridgehead atoms. The van der Waals surface area contributed by atoms with E-state index in [1.807, 2.05) is 66.7 Å². The number of aliphatic imine (C=N–C) groups is 2. The number of para-hydroxylation sites is 1. The Morgan fingerprint density at radius 2 is 1.50 bits per heavy atom. The molecule has 172 valence electrons. The average molecular weight is 450 g/mol. The Bertz CT molecular complexity index is 1250. The standard InChI is InChI=1S/C29H31N5/c1-4-34(5-2)26-16-18-28(29(20-26)32-23-9-7-6-8-10-23)33-27-17-15-25(19-21(27)3)31-24-13-11-22(30)12-14-24/h6-20,31H,4-5,30H2,1-3H3. The summed E-state index contributed by atoms with van der Waals surface area (Å²) < 4.78 is 0. The fourth-order valence-corrected chi connectivity index (χ4v) is 3.84. The van der Waals surface area contributed by atoms with Gasteiger partial charge in [0.15, 0.2) is 0 Å². The van der Waals surface area contributed by atoms with E-state index in [2.05, 4.69) is 55.3 Å². The van der Waals surface area contributed by atoms with Crippen molar-refractivity contribution >= 4 is 39.9 Å². The predicted molar refractivity (Wildman–Crippen MR) is 146 cm³/mol. The van der Waals surface area contributed by atoms with E-state index in [0.717, 1.165) is 64.2 Å². The number of allylic oxidation sites excluding steroid dienone is 3. The lowest BCUT2D eigenvalue weighted by atomic mass is 10.1. The highest BCUT2D eigenvalue weighted by Gasteiger charge is 2.15. The number of nitrogens with one attached hydrogen (secondary N) is 1. The van der Waals surface area contributed by atoms with Crippen LogP contribution < -0.4 is 11.1 Å². The van der Waals surface area contributed by atoms with Crippen molar-refractivity contribution < 1.29 is 0 Å². The average Bonchev–Trinajstić information content (AvgIpc) is 2.85. The van der Waals surface area contributed by atoms with E-state index < -0.39 is 0 Å². The summed E-state index contributed by atoms with van der Waals surface area (Å²) in [6, 6.07) is 23.9. The molecule has 3 N–H and O–H groups in total. The number of hydrogen-bond acceptors (Lipinski definition) is 5. The van der Waals surface area contributed by atoms with Crippen LogP contribution in [0.25, 0.3) is 0 Å². The highest BCUT2D eigenvalue weighted by Crippen LogP contribution is 2.27. The molecular formula is C29H31N5. The van der Waals surface area contributed by atoms with E-state index >= 15 is 0 Å². The van der Waals surface area contributed by atoms with Gasteiger partial charge in [-0.25, -0.2) is 9.98 Å². The molecule has 0 saturated heterocycles. The molecule has 0 unspecified atom stereocenters. The molecule has 1 aliphatic rings. The van der Waals surface area contributed by atoms with Crippen LogP contribution in [0, 0.1) is 6.92 Å². The fourth-order valence-electron chi connectivity index (χ4n) is 3.84. The second-order valence-corrected chi connectivity index (χ2v) is 8.15. The number of hydrogen-bond donors (Lipinski definition) is 2. The van der Waals surface area contributed by atoms with Gasteiger partial charge in [-0.2, -0.15) is 0 Å². The third kappa shape index (κ3) is 5.62. The quantitative estimate of drug-likeness (QED) is 0.303. The molecule has 3 aromatic carbocycles. The summed E-state index contributed by atoms with van der Waals surface area (Å²) in [5.74, 6) is 0. The van der Waals surface area contributed by atoms with Crippen LogP contribution in [0.3, 0.4) is 0 Å². The molecule has 0 aliphatic heterocycles. The van der Waals surface area contributed by atoms with E-state index in [-0.39, 0.29) is 0 Å². The van der Waals surface area contributed by atoms with Crippen molar-refractivity contribution in [3.8, 4) is 0 Å². The minimum atomic E-state index is 0.750. The summed E-state index contributed by atoms with van der Waals surface area (Å²) in [7, 11) is 0. The van der Waals surface area contributed by atoms with Gasteiger partial charge in [0.05, 0.1) is 22.8 Å². The number of benzene rings is 3. The Kier molecular flexibility index (Phi) is 7.23. The topological polar surface area (TPSA) is 66.0 Å². The smallest absolute Gasteiger partial charge is 0.0914 e. The van der Waals surface area contributed by atoms with Crippen LogP contribution in [0.1, 0.15) is 19.4 Å². The summed E-state index contributed by atoms with van der Waals surface area (Å²) in [6.07, 6.45) is 6.32. The van der Waals surface area contributed by atoms with Gasteiger partial charge in [0.2, 0.25) is 0 Å². The Labute approximate surface area is 202 Å². The van der Waals surface area contributed by atoms with E-state index in [4.69, 9.17) is 15.7 Å². The highest BCUT2D eigenvalue weighted by molar-refractivity contribution is 6.52. The lowest BCUT2D eigenvalue weighted by molar-refractivity contribution is 0.395. The van der Waals surface area contributed by atoms with Crippen LogP contribution in [0.2, 0.25) is 0 Å². The summed E-state index contributed by atoms with van der Waals surface area (Å²) >= 11 is 0. The van der Waals surface area contributed by atoms with Gasteiger partial charge in [-0.05, 0) is 99.2 Å². The van der Waals surface area contributed by atoms with Crippen molar-refractivity contribution in [2.45, 2.75) is 20.8 Å². The fraction of sp³-hybridized carbons (Fsp3) is 0.172. The van der Waals surface area contributed by atoms with Crippen molar-refractivity contribution in [3.63, 3.8) is 0 Å². The number of nitrogens with two attached hydrogens (primary N) is 1. The minimum absolute atomic E-state index is 0.750. The molecule has 0 atom stereocenters. The van der Waals surface area contributed by atoms with Crippen LogP contribution >= 0.6 is 0 Å². The molecule has 0 saturated carbocycles. The van der Waals surface area contributed by atoms with Crippen LogP contribution in [0.15, 0.2) is 107 Å². The monoisotopic (exact) mass is 449 g/mol. The molecule has 5 heteroatoms. The number of rotatable bonds is 7. The Morgan fingerprint density at radius 3 is 2.18 bits per heavy atom. The zero-order valence-electron chi connectivity index (χ0n) is 20.0. The maximum Gasteiger partial charge on any atom is 0.0914 e. The van der Waals surface area contributed by atoms with Gasteiger partial charge in [-0.15, -0.1) is 0 Å². The lowest BCUT2D eigenvalue weighted by Crippen LogP contribution is -2.25. The van der Waals surface area contributed by atoms with Crippen molar-refractivity contribution in [1.82, 2.24) is 4.90 Å². The van der Waals surface area contributed by atoms with Crippen molar-refractivity contribution in [1.29, 1.82) is 0 Å². The van der Waals surface area contributed by atoms with Gasteiger partial charge in [-0.3, -0.25) is 0 Å². The van der Waals surface area contributed by atoms with Crippen LogP contribution in [-0.2, 0) is 0 Å². The highest BCUT2D eigenvalue weighted by atomic mass is 15.1. The molecule has 1 aliphatic carbocycles. The molecule has 0 radical (unpaired) electrons. The predicted octanol–water partition coefficient (Wildman–Crippen LogP) is 6.96. The number of nitrogen functional groups attached to an aromatic ring is 1. The Hall–Kier alpha value is -4.12. The summed E-state index contributed by atoms with van der Waals surface area (Å²) in [4.78, 5) is 12.2. The zero-order chi connectivity index (χ0) is 23.9. The first-order chi connectivity index (χ1) is 16.6. The first-order valence-electron chi connectivity index (χ1n) is 11.7. The molecular weight excluding hydrogens is 418 g/mol. The van der Waals surface area contributed by atoms with Crippen molar-refractivity contribution in [2.75, 3.05) is 24.1 Å². The molecule has 0 heterocycles. The normalized spacial score (nSPS) is 15.4. The van der Waals surface area contributed by atoms with E-state index in [1.165, 1.54) is 0 Å². The third-order valence-electron chi connectivity index (χ3n) is 5.73. The molecule has 0 aromatic heterocycles. The molecule has 0 spiro atoms. The number of anilines is 3. The van der Waals surface area contributed by atoms with E-state index in [0.29, 0.717) is 0 Å². The number of nitrogens with zero attached hydrogens (tertiary/aromatic N) is 3. The maximum atomic E-state index is 5.79. The second kappa shape index (κ2) is 10.7. The molecule has 0 amide bonds. The summed E-state index contributed by atoms with van der Waals surface area (Å²) in [6.45, 7) is 8.29. The molecule has 0 fully saturated rings. The number of aryl methyl sites for hydroxylation is 1. The first-order valence-corrected chi connectivity index (χ1v) is 11.7. The zero-order valence-corrected chi connectivity index (χ0v) is 20.0. The molecule has 3 aromatic rings. The maximum absolute atomic E-state index is 5.79. The SMILES string of the molecule is CCN(CC)C1=CC(=Nc2ccccc2)C(=Nc2ccc(Nc3ccc(N)cc3)cc2C)C=C1. The Morgan fingerprint density at radius 1 is 0.794 bits per heavy atom. The van der Waals surface area contributed by atoms with Gasteiger partial charge >= 0.3 is 0 Å². The van der Waals surface area contributed by atoms with Crippen LogP contribution in [0.4, 0.5) is 28.4 Å². The molecule has 4 rings (SSSR count). The van der Waals surface area contributed by atoms with E-state index in [9.17, 15) is 0 Å². The van der Waals surface area contributed by atoms with Crippen molar-refractivity contribution in [2.24, 2.45) is 9.98 Å². The lowest BCUT2D eigenvalue weighted by Gasteiger charge is -2.24. The second-order valence-electron chi connectivity index (χ2n) is 8.15. The third-order valence-corrected chi connectivity index (χ3v) is 5.73. The van der Waals surface area contributed by atoms with E-state index in [1.54, 1.807) is 0 Å². The van der Waals surface area contributed by atoms with Crippen LogP contribution in [0.5, 0.6) is 0 Å². The van der Waals surface area contributed by atoms with Gasteiger partial charge in [0.1, 0.15) is 0 Å².